The maximum absolute atomic E-state index is 11.2. The molecule has 0 fully saturated rings. The highest BCUT2D eigenvalue weighted by molar-refractivity contribution is 5.96. The first-order chi connectivity index (χ1) is 11.0. The van der Waals surface area contributed by atoms with Gasteiger partial charge in [0.2, 0.25) is 11.8 Å². The van der Waals surface area contributed by atoms with Crippen molar-refractivity contribution in [3.05, 3.63) is 24.3 Å². The molecule has 0 aliphatic carbocycles. The fourth-order valence-electron chi connectivity index (χ4n) is 1.71. The van der Waals surface area contributed by atoms with Gasteiger partial charge >= 0.3 is 0 Å². The molecule has 0 saturated carbocycles. The van der Waals surface area contributed by atoms with Crippen LogP contribution in [0.1, 0.15) is 13.8 Å². The Hall–Kier alpha value is -3.23. The fraction of sp³-hybridized carbons (Fsp3) is 0.214. The van der Waals surface area contributed by atoms with E-state index in [2.05, 4.69) is 31.1 Å². The van der Waals surface area contributed by atoms with Crippen molar-refractivity contribution in [1.29, 1.82) is 0 Å². The summed E-state index contributed by atoms with van der Waals surface area (Å²) in [5.41, 5.74) is 0.806. The first kappa shape index (κ1) is 16.1. The summed E-state index contributed by atoms with van der Waals surface area (Å²) in [6, 6.07) is 6.93. The second kappa shape index (κ2) is 7.16. The quantitative estimate of drug-likeness (QED) is 0.734. The number of aromatic nitrogens is 2. The molecule has 0 bridgehead atoms. The molecule has 1 aromatic heterocycles. The summed E-state index contributed by atoms with van der Waals surface area (Å²) in [5.74, 6) is 0.512. The van der Waals surface area contributed by atoms with Gasteiger partial charge < -0.3 is 15.4 Å². The van der Waals surface area contributed by atoms with E-state index in [1.54, 1.807) is 31.4 Å². The van der Waals surface area contributed by atoms with Gasteiger partial charge in [0.05, 0.1) is 12.8 Å². The molecule has 2 rings (SSSR count). The lowest BCUT2D eigenvalue weighted by Crippen LogP contribution is -2.07. The van der Waals surface area contributed by atoms with Crippen LogP contribution in [0.4, 0.5) is 23.0 Å². The number of amides is 2. The van der Waals surface area contributed by atoms with Crippen molar-refractivity contribution >= 4 is 34.8 Å². The summed E-state index contributed by atoms with van der Waals surface area (Å²) in [6.07, 6.45) is 0. The van der Waals surface area contributed by atoms with Gasteiger partial charge in [-0.15, -0.1) is 5.11 Å². The summed E-state index contributed by atoms with van der Waals surface area (Å²) < 4.78 is 5.06. The van der Waals surface area contributed by atoms with Gasteiger partial charge in [-0.2, -0.15) is 10.2 Å². The largest absolute Gasteiger partial charge is 0.497 e. The summed E-state index contributed by atoms with van der Waals surface area (Å²) in [5, 5.41) is 19.7. The summed E-state index contributed by atoms with van der Waals surface area (Å²) >= 11 is 0. The number of carbonyl (C=O) groups excluding carboxylic acids is 2. The molecule has 1 aromatic carbocycles. The van der Waals surface area contributed by atoms with E-state index in [0.717, 1.165) is 0 Å². The molecule has 2 aromatic rings. The Morgan fingerprint density at radius 3 is 2.30 bits per heavy atom. The minimum absolute atomic E-state index is 0.179. The second-order valence-electron chi connectivity index (χ2n) is 4.56. The number of aromatic amines is 1. The number of azo groups is 1. The second-order valence-corrected chi connectivity index (χ2v) is 4.56. The summed E-state index contributed by atoms with van der Waals surface area (Å²) in [6.45, 7) is 2.69. The van der Waals surface area contributed by atoms with E-state index in [4.69, 9.17) is 4.74 Å². The highest BCUT2D eigenvalue weighted by Crippen LogP contribution is 2.33. The van der Waals surface area contributed by atoms with Gasteiger partial charge in [-0.25, -0.2) is 0 Å². The molecule has 3 N–H and O–H groups in total. The monoisotopic (exact) mass is 316 g/mol. The predicted molar refractivity (Wildman–Crippen MR) is 84.4 cm³/mol. The molecule has 9 heteroatoms. The van der Waals surface area contributed by atoms with Crippen molar-refractivity contribution in [1.82, 2.24) is 10.2 Å². The van der Waals surface area contributed by atoms with Crippen LogP contribution in [0.3, 0.4) is 0 Å². The van der Waals surface area contributed by atoms with Crippen LogP contribution in [0, 0.1) is 0 Å². The van der Waals surface area contributed by atoms with Gasteiger partial charge in [-0.05, 0) is 24.3 Å². The number of hydrogen-bond acceptors (Lipinski definition) is 6. The number of nitrogens with zero attached hydrogens (tertiary/aromatic N) is 3. The van der Waals surface area contributed by atoms with Crippen LogP contribution in [0.5, 0.6) is 5.75 Å². The number of rotatable bonds is 5. The molecule has 1 heterocycles. The van der Waals surface area contributed by atoms with Gasteiger partial charge in [0.25, 0.3) is 0 Å². The van der Waals surface area contributed by atoms with E-state index in [1.807, 2.05) is 0 Å². The van der Waals surface area contributed by atoms with E-state index in [0.29, 0.717) is 11.4 Å². The molecule has 0 radical (unpaired) electrons. The third kappa shape index (κ3) is 4.37. The molecular formula is C14H16N6O3. The highest BCUT2D eigenvalue weighted by Gasteiger charge is 2.15. The van der Waals surface area contributed by atoms with Crippen molar-refractivity contribution in [2.45, 2.75) is 13.8 Å². The molecule has 2 amide bonds. The number of carbonyl (C=O) groups is 2. The molecule has 9 nitrogen and oxygen atoms in total. The van der Waals surface area contributed by atoms with Gasteiger partial charge in [0.15, 0.2) is 17.3 Å². The molecule has 23 heavy (non-hydrogen) atoms. The van der Waals surface area contributed by atoms with Crippen LogP contribution in [0.2, 0.25) is 0 Å². The summed E-state index contributed by atoms with van der Waals surface area (Å²) in [7, 11) is 1.57. The Bertz CT molecular complexity index is 702. The molecule has 120 valence electrons. The Kier molecular flexibility index (Phi) is 5.03. The first-order valence-corrected chi connectivity index (χ1v) is 6.69. The maximum Gasteiger partial charge on any atom is 0.222 e. The average Bonchev–Trinajstić information content (AvgIpc) is 2.86. The average molecular weight is 316 g/mol. The van der Waals surface area contributed by atoms with Crippen molar-refractivity contribution in [2.75, 3.05) is 17.7 Å². The predicted octanol–water partition coefficient (Wildman–Crippen LogP) is 2.75. The minimum Gasteiger partial charge on any atom is -0.497 e. The topological polar surface area (TPSA) is 121 Å². The highest BCUT2D eigenvalue weighted by atomic mass is 16.5. The van der Waals surface area contributed by atoms with Crippen molar-refractivity contribution in [3.8, 4) is 5.75 Å². The molecule has 0 saturated heterocycles. The molecule has 0 aliphatic heterocycles. The third-order valence-corrected chi connectivity index (χ3v) is 2.67. The lowest BCUT2D eigenvalue weighted by atomic mass is 10.3. The number of benzene rings is 1. The van der Waals surface area contributed by atoms with E-state index in [-0.39, 0.29) is 29.1 Å². The summed E-state index contributed by atoms with van der Waals surface area (Å²) in [4.78, 5) is 22.4. The van der Waals surface area contributed by atoms with Crippen LogP contribution in [-0.4, -0.2) is 29.1 Å². The zero-order chi connectivity index (χ0) is 16.8. The maximum atomic E-state index is 11.2. The lowest BCUT2D eigenvalue weighted by molar-refractivity contribution is -0.115. The van der Waals surface area contributed by atoms with Gasteiger partial charge in [0, 0.05) is 13.8 Å². The van der Waals surface area contributed by atoms with Crippen LogP contribution in [0.15, 0.2) is 34.5 Å². The van der Waals surface area contributed by atoms with E-state index < -0.39 is 0 Å². The molecule has 0 unspecified atom stereocenters. The zero-order valence-corrected chi connectivity index (χ0v) is 12.9. The minimum atomic E-state index is -0.313. The van der Waals surface area contributed by atoms with Crippen molar-refractivity contribution < 1.29 is 14.3 Å². The van der Waals surface area contributed by atoms with Gasteiger partial charge in [-0.1, -0.05) is 0 Å². The number of H-pyrrole nitrogens is 1. The van der Waals surface area contributed by atoms with Crippen LogP contribution in [-0.2, 0) is 9.59 Å². The number of methoxy groups -OCH3 is 1. The molecule has 0 atom stereocenters. The van der Waals surface area contributed by atoms with Crippen LogP contribution in [0.25, 0.3) is 0 Å². The number of nitrogens with one attached hydrogen (secondary N) is 3. The smallest absolute Gasteiger partial charge is 0.222 e. The standard InChI is InChI=1S/C14H16N6O3/c1-8(21)15-13-12(14(20-19-13)16-9(2)22)18-17-10-4-6-11(23-3)7-5-10/h4-7H,1-3H3,(H3,15,16,19,20,21,22). The van der Waals surface area contributed by atoms with Gasteiger partial charge in [0.1, 0.15) is 5.75 Å². The van der Waals surface area contributed by atoms with E-state index >= 15 is 0 Å². The fourth-order valence-corrected chi connectivity index (χ4v) is 1.71. The SMILES string of the molecule is COc1ccc(N=Nc2c(NC(C)=O)n[nH]c2NC(C)=O)cc1. The third-order valence-electron chi connectivity index (χ3n) is 2.67. The zero-order valence-electron chi connectivity index (χ0n) is 12.9. The van der Waals surface area contributed by atoms with Crippen LogP contribution < -0.4 is 15.4 Å². The molecule has 0 spiro atoms. The lowest BCUT2D eigenvalue weighted by Gasteiger charge is -2.01. The van der Waals surface area contributed by atoms with E-state index in [9.17, 15) is 9.59 Å². The van der Waals surface area contributed by atoms with Crippen molar-refractivity contribution in [2.24, 2.45) is 10.2 Å². The Balaban J connectivity index is 2.30. The normalized spacial score (nSPS) is 10.6. The molecular weight excluding hydrogens is 300 g/mol. The van der Waals surface area contributed by atoms with Crippen molar-refractivity contribution in [3.63, 3.8) is 0 Å². The van der Waals surface area contributed by atoms with Crippen LogP contribution >= 0.6 is 0 Å². The van der Waals surface area contributed by atoms with E-state index in [1.165, 1.54) is 13.8 Å². The Labute approximate surface area is 132 Å². The first-order valence-electron chi connectivity index (χ1n) is 6.69. The van der Waals surface area contributed by atoms with Gasteiger partial charge in [-0.3, -0.25) is 14.7 Å². The number of hydrogen-bond donors (Lipinski definition) is 3. The molecule has 0 aliphatic rings. The Morgan fingerprint density at radius 1 is 1.09 bits per heavy atom. The Morgan fingerprint density at radius 2 is 1.74 bits per heavy atom. The number of anilines is 2. The number of ether oxygens (including phenoxy) is 1.